The standard InChI is InChI=1S/C22H19ClN2O3/c1-15(18-7-3-9-19(23)13-18)25-20(26)14-28-21(27)11-10-17-6-2-5-16-8-4-12-24-22(16)17/h2-13,15H,14H2,1H3,(H,25,26)/b11-10+. The van der Waals surface area contributed by atoms with Crippen LogP contribution in [0, 0.1) is 0 Å². The van der Waals surface area contributed by atoms with Crippen molar-refractivity contribution >= 4 is 40.5 Å². The molecule has 0 aliphatic carbocycles. The Morgan fingerprint density at radius 2 is 1.96 bits per heavy atom. The molecule has 0 fully saturated rings. The molecule has 2 aromatic carbocycles. The molecule has 0 spiro atoms. The van der Waals surface area contributed by atoms with Gasteiger partial charge in [0.15, 0.2) is 6.61 Å². The summed E-state index contributed by atoms with van der Waals surface area (Å²) < 4.78 is 5.01. The Labute approximate surface area is 168 Å². The van der Waals surface area contributed by atoms with E-state index >= 15 is 0 Å². The molecule has 0 aliphatic heterocycles. The van der Waals surface area contributed by atoms with E-state index in [1.165, 1.54) is 6.08 Å². The number of amides is 1. The highest BCUT2D eigenvalue weighted by Gasteiger charge is 2.11. The molecule has 1 atom stereocenters. The van der Waals surface area contributed by atoms with Crippen molar-refractivity contribution in [1.29, 1.82) is 0 Å². The number of halogens is 1. The van der Waals surface area contributed by atoms with Crippen LogP contribution in [0.4, 0.5) is 0 Å². The zero-order valence-electron chi connectivity index (χ0n) is 15.3. The number of para-hydroxylation sites is 1. The summed E-state index contributed by atoms with van der Waals surface area (Å²) in [5.41, 5.74) is 2.46. The Kier molecular flexibility index (Phi) is 6.40. The molecule has 0 aliphatic rings. The van der Waals surface area contributed by atoms with Crippen LogP contribution in [-0.4, -0.2) is 23.5 Å². The number of hydrogen-bond acceptors (Lipinski definition) is 4. The number of ether oxygens (including phenoxy) is 1. The summed E-state index contributed by atoms with van der Waals surface area (Å²) in [4.78, 5) is 28.3. The Hall–Kier alpha value is -3.18. The van der Waals surface area contributed by atoms with E-state index in [4.69, 9.17) is 16.3 Å². The molecule has 3 aromatic rings. The highest BCUT2D eigenvalue weighted by molar-refractivity contribution is 6.30. The number of fused-ring (bicyclic) bond motifs is 1. The van der Waals surface area contributed by atoms with E-state index in [-0.39, 0.29) is 18.6 Å². The van der Waals surface area contributed by atoms with Gasteiger partial charge in [-0.05, 0) is 36.8 Å². The van der Waals surface area contributed by atoms with Gasteiger partial charge in [-0.1, -0.05) is 48.0 Å². The van der Waals surface area contributed by atoms with E-state index in [1.54, 1.807) is 24.4 Å². The average Bonchev–Trinajstić information content (AvgIpc) is 2.70. The third-order valence-corrected chi connectivity index (χ3v) is 4.37. The largest absolute Gasteiger partial charge is 0.452 e. The monoisotopic (exact) mass is 394 g/mol. The van der Waals surface area contributed by atoms with Crippen LogP contribution in [0.1, 0.15) is 24.1 Å². The van der Waals surface area contributed by atoms with Crippen molar-refractivity contribution in [3.8, 4) is 0 Å². The molecule has 0 radical (unpaired) electrons. The lowest BCUT2D eigenvalue weighted by Crippen LogP contribution is -2.30. The van der Waals surface area contributed by atoms with Gasteiger partial charge in [0.25, 0.3) is 5.91 Å². The number of nitrogens with zero attached hydrogens (tertiary/aromatic N) is 1. The van der Waals surface area contributed by atoms with Gasteiger partial charge in [0.1, 0.15) is 0 Å². The Morgan fingerprint density at radius 3 is 2.79 bits per heavy atom. The van der Waals surface area contributed by atoms with Gasteiger partial charge < -0.3 is 10.1 Å². The van der Waals surface area contributed by atoms with Gasteiger partial charge in [0.05, 0.1) is 11.6 Å². The minimum absolute atomic E-state index is 0.248. The normalized spacial score (nSPS) is 12.1. The first-order valence-electron chi connectivity index (χ1n) is 8.76. The second-order valence-corrected chi connectivity index (χ2v) is 6.64. The first-order chi connectivity index (χ1) is 13.5. The third kappa shape index (κ3) is 5.18. The fourth-order valence-corrected chi connectivity index (χ4v) is 2.95. The van der Waals surface area contributed by atoms with Crippen molar-refractivity contribution in [2.75, 3.05) is 6.61 Å². The summed E-state index contributed by atoms with van der Waals surface area (Å²) in [6, 6.07) is 16.5. The lowest BCUT2D eigenvalue weighted by Gasteiger charge is -2.14. The number of rotatable bonds is 6. The molecule has 142 valence electrons. The summed E-state index contributed by atoms with van der Waals surface area (Å²) in [5.74, 6) is -0.987. The summed E-state index contributed by atoms with van der Waals surface area (Å²) in [7, 11) is 0. The fourth-order valence-electron chi connectivity index (χ4n) is 2.75. The van der Waals surface area contributed by atoms with Crippen molar-refractivity contribution in [3.05, 3.63) is 83.0 Å². The van der Waals surface area contributed by atoms with Gasteiger partial charge in [-0.2, -0.15) is 0 Å². The maximum atomic E-state index is 12.0. The van der Waals surface area contributed by atoms with Crippen LogP contribution in [0.25, 0.3) is 17.0 Å². The molecule has 0 bridgehead atoms. The number of carbonyl (C=O) groups excluding carboxylic acids is 2. The van der Waals surface area contributed by atoms with E-state index in [1.807, 2.05) is 49.4 Å². The van der Waals surface area contributed by atoms with Crippen molar-refractivity contribution in [3.63, 3.8) is 0 Å². The van der Waals surface area contributed by atoms with E-state index in [9.17, 15) is 9.59 Å². The van der Waals surface area contributed by atoms with Crippen LogP contribution in [-0.2, 0) is 14.3 Å². The van der Waals surface area contributed by atoms with Crippen molar-refractivity contribution < 1.29 is 14.3 Å². The van der Waals surface area contributed by atoms with E-state index in [0.29, 0.717) is 5.02 Å². The molecule has 6 heteroatoms. The molecular formula is C22H19ClN2O3. The number of carbonyl (C=O) groups is 2. The van der Waals surface area contributed by atoms with E-state index in [2.05, 4.69) is 10.3 Å². The topological polar surface area (TPSA) is 68.3 Å². The number of pyridine rings is 1. The number of benzene rings is 2. The van der Waals surface area contributed by atoms with Crippen LogP contribution in [0.3, 0.4) is 0 Å². The molecule has 0 saturated carbocycles. The van der Waals surface area contributed by atoms with Crippen LogP contribution < -0.4 is 5.32 Å². The molecule has 3 rings (SSSR count). The quantitative estimate of drug-likeness (QED) is 0.499. The van der Waals surface area contributed by atoms with Crippen LogP contribution in [0.5, 0.6) is 0 Å². The van der Waals surface area contributed by atoms with Crippen LogP contribution in [0.15, 0.2) is 66.9 Å². The van der Waals surface area contributed by atoms with Gasteiger partial charge in [-0.15, -0.1) is 0 Å². The first-order valence-corrected chi connectivity index (χ1v) is 9.14. The van der Waals surface area contributed by atoms with Gasteiger partial charge in [-0.3, -0.25) is 9.78 Å². The first kappa shape index (κ1) is 19.6. The molecule has 1 aromatic heterocycles. The van der Waals surface area contributed by atoms with Gasteiger partial charge in [0, 0.05) is 28.2 Å². The third-order valence-electron chi connectivity index (χ3n) is 4.13. The summed E-state index contributed by atoms with van der Waals surface area (Å²) >= 11 is 5.96. The van der Waals surface area contributed by atoms with E-state index in [0.717, 1.165) is 22.0 Å². The molecule has 5 nitrogen and oxygen atoms in total. The lowest BCUT2D eigenvalue weighted by atomic mass is 10.1. The van der Waals surface area contributed by atoms with Crippen LogP contribution >= 0.6 is 11.6 Å². The van der Waals surface area contributed by atoms with Crippen LogP contribution in [0.2, 0.25) is 5.02 Å². The molecule has 1 amide bonds. The van der Waals surface area contributed by atoms with Crippen molar-refractivity contribution in [1.82, 2.24) is 10.3 Å². The van der Waals surface area contributed by atoms with Gasteiger partial charge in [0.2, 0.25) is 0 Å². The van der Waals surface area contributed by atoms with Crippen molar-refractivity contribution in [2.45, 2.75) is 13.0 Å². The highest BCUT2D eigenvalue weighted by Crippen LogP contribution is 2.18. The van der Waals surface area contributed by atoms with Crippen molar-refractivity contribution in [2.24, 2.45) is 0 Å². The summed E-state index contributed by atoms with van der Waals surface area (Å²) in [6.07, 6.45) is 4.62. The highest BCUT2D eigenvalue weighted by atomic mass is 35.5. The predicted octanol–water partition coefficient (Wildman–Crippen LogP) is 4.32. The Morgan fingerprint density at radius 1 is 1.18 bits per heavy atom. The SMILES string of the molecule is CC(NC(=O)COC(=O)/C=C/c1cccc2cccnc12)c1cccc(Cl)c1. The number of esters is 1. The Balaban J connectivity index is 1.53. The average molecular weight is 395 g/mol. The molecular weight excluding hydrogens is 376 g/mol. The number of hydrogen-bond donors (Lipinski definition) is 1. The van der Waals surface area contributed by atoms with Gasteiger partial charge >= 0.3 is 5.97 Å². The molecule has 28 heavy (non-hydrogen) atoms. The maximum Gasteiger partial charge on any atom is 0.331 e. The Bertz CT molecular complexity index is 1030. The molecule has 0 saturated heterocycles. The fraction of sp³-hybridized carbons (Fsp3) is 0.136. The molecule has 1 heterocycles. The number of aromatic nitrogens is 1. The molecule has 1 unspecified atom stereocenters. The number of nitrogens with one attached hydrogen (secondary N) is 1. The zero-order chi connectivity index (χ0) is 19.9. The smallest absolute Gasteiger partial charge is 0.331 e. The van der Waals surface area contributed by atoms with E-state index < -0.39 is 5.97 Å². The zero-order valence-corrected chi connectivity index (χ0v) is 16.0. The minimum atomic E-state index is -0.599. The second kappa shape index (κ2) is 9.15. The summed E-state index contributed by atoms with van der Waals surface area (Å²) in [5, 5.41) is 4.34. The molecule has 1 N–H and O–H groups in total. The summed E-state index contributed by atoms with van der Waals surface area (Å²) in [6.45, 7) is 1.47. The van der Waals surface area contributed by atoms with Gasteiger partial charge in [-0.25, -0.2) is 4.79 Å². The second-order valence-electron chi connectivity index (χ2n) is 6.21. The minimum Gasteiger partial charge on any atom is -0.452 e. The lowest BCUT2D eigenvalue weighted by molar-refractivity contribution is -0.144. The maximum absolute atomic E-state index is 12.0. The predicted molar refractivity (Wildman–Crippen MR) is 110 cm³/mol.